The summed E-state index contributed by atoms with van der Waals surface area (Å²) in [7, 11) is -3.08. The van der Waals surface area contributed by atoms with Gasteiger partial charge in [0.25, 0.3) is 0 Å². The van der Waals surface area contributed by atoms with E-state index in [0.717, 1.165) is 16.2 Å². The van der Waals surface area contributed by atoms with Gasteiger partial charge >= 0.3 is 0 Å². The van der Waals surface area contributed by atoms with Crippen molar-refractivity contribution in [3.8, 4) is 11.3 Å². The lowest BCUT2D eigenvalue weighted by atomic mass is 10.0. The van der Waals surface area contributed by atoms with Crippen molar-refractivity contribution in [2.45, 2.75) is 25.3 Å². The van der Waals surface area contributed by atoms with E-state index in [9.17, 15) is 17.6 Å². The summed E-state index contributed by atoms with van der Waals surface area (Å²) in [4.78, 5) is 17.7. The third kappa shape index (κ3) is 3.74. The van der Waals surface area contributed by atoms with E-state index in [1.807, 2.05) is 16.0 Å². The number of benzene rings is 1. The number of sulfone groups is 1. The Kier molecular flexibility index (Phi) is 4.31. The number of aromatic nitrogens is 2. The van der Waals surface area contributed by atoms with Gasteiger partial charge in [0, 0.05) is 22.8 Å². The molecule has 0 radical (unpaired) electrons. The molecule has 1 fully saturated rings. The van der Waals surface area contributed by atoms with E-state index in [1.165, 1.54) is 23.5 Å². The molecule has 3 aromatic rings. The molecule has 1 aliphatic heterocycles. The van der Waals surface area contributed by atoms with Crippen molar-refractivity contribution in [2.75, 3.05) is 11.5 Å². The molecule has 1 saturated heterocycles. The molecule has 142 valence electrons. The summed E-state index contributed by atoms with van der Waals surface area (Å²) in [6.45, 7) is 1.77. The molecule has 1 N–H and O–H groups in total. The Hall–Kier alpha value is -2.26. The van der Waals surface area contributed by atoms with Gasteiger partial charge in [0.1, 0.15) is 5.82 Å². The van der Waals surface area contributed by atoms with Crippen molar-refractivity contribution in [3.63, 3.8) is 0 Å². The monoisotopic (exact) mass is 407 g/mol. The van der Waals surface area contributed by atoms with Crippen LogP contribution in [0.3, 0.4) is 0 Å². The summed E-state index contributed by atoms with van der Waals surface area (Å²) in [5, 5.41) is 4.73. The summed E-state index contributed by atoms with van der Waals surface area (Å²) in [5.41, 5.74) is 1.57. The minimum absolute atomic E-state index is 0.0232. The number of carbonyl (C=O) groups is 1. The number of amides is 1. The van der Waals surface area contributed by atoms with Crippen molar-refractivity contribution < 1.29 is 17.6 Å². The Morgan fingerprint density at radius 2 is 2.11 bits per heavy atom. The van der Waals surface area contributed by atoms with Gasteiger partial charge in [-0.3, -0.25) is 9.20 Å². The van der Waals surface area contributed by atoms with Crippen LogP contribution >= 0.6 is 11.3 Å². The number of nitrogens with one attached hydrogen (secondary N) is 1. The maximum absolute atomic E-state index is 13.1. The Labute approximate surface area is 160 Å². The molecule has 0 bridgehead atoms. The van der Waals surface area contributed by atoms with Gasteiger partial charge in [-0.25, -0.2) is 17.8 Å². The van der Waals surface area contributed by atoms with Crippen molar-refractivity contribution >= 4 is 32.0 Å². The number of imidazole rings is 1. The first-order valence-corrected chi connectivity index (χ1v) is 11.2. The van der Waals surface area contributed by atoms with E-state index in [2.05, 4.69) is 10.3 Å². The highest BCUT2D eigenvalue weighted by molar-refractivity contribution is 7.91. The van der Waals surface area contributed by atoms with Crippen molar-refractivity contribution in [1.82, 2.24) is 14.7 Å². The first-order chi connectivity index (χ1) is 12.7. The molecular formula is C18H18FN3O3S2. The van der Waals surface area contributed by atoms with Gasteiger partial charge in [0.15, 0.2) is 14.8 Å². The van der Waals surface area contributed by atoms with Crippen LogP contribution < -0.4 is 5.32 Å². The molecule has 4 rings (SSSR count). The SMILES string of the molecule is C[C@@]1(NC(=O)Cc2csc3nc(-c4ccc(F)cc4)cn23)CCS(=O)(=O)C1. The Morgan fingerprint density at radius 3 is 2.78 bits per heavy atom. The van der Waals surface area contributed by atoms with Crippen molar-refractivity contribution in [3.05, 3.63) is 47.4 Å². The van der Waals surface area contributed by atoms with E-state index in [4.69, 9.17) is 0 Å². The van der Waals surface area contributed by atoms with Gasteiger partial charge in [0.05, 0.1) is 29.2 Å². The minimum atomic E-state index is -3.08. The number of fused-ring (bicyclic) bond motifs is 1. The third-order valence-corrected chi connectivity index (χ3v) is 7.50. The number of halogens is 1. The molecule has 1 amide bonds. The average Bonchev–Trinajstić information content (AvgIpc) is 3.22. The van der Waals surface area contributed by atoms with Crippen LogP contribution in [-0.4, -0.2) is 40.8 Å². The molecule has 1 aromatic carbocycles. The molecule has 1 aliphatic rings. The van der Waals surface area contributed by atoms with E-state index < -0.39 is 15.4 Å². The standard InChI is InChI=1S/C18H18FN3O3S2/c1-18(6-7-27(24,25)11-18)21-16(23)8-14-10-26-17-20-15(9-22(14)17)12-2-4-13(19)5-3-12/h2-5,9-10H,6-8,11H2,1H3,(H,21,23)/t18-/m1/s1. The molecule has 1 atom stereocenters. The first kappa shape index (κ1) is 18.1. The molecule has 0 saturated carbocycles. The molecule has 9 heteroatoms. The van der Waals surface area contributed by atoms with Gasteiger partial charge < -0.3 is 5.32 Å². The fraction of sp³-hybridized carbons (Fsp3) is 0.333. The predicted molar refractivity (Wildman–Crippen MR) is 102 cm³/mol. The molecule has 0 unspecified atom stereocenters. The van der Waals surface area contributed by atoms with Crippen LogP contribution in [0.1, 0.15) is 19.0 Å². The summed E-state index contributed by atoms with van der Waals surface area (Å²) in [6.07, 6.45) is 2.39. The van der Waals surface area contributed by atoms with E-state index >= 15 is 0 Å². The van der Waals surface area contributed by atoms with E-state index in [0.29, 0.717) is 12.1 Å². The smallest absolute Gasteiger partial charge is 0.226 e. The highest BCUT2D eigenvalue weighted by atomic mass is 32.2. The summed E-state index contributed by atoms with van der Waals surface area (Å²) >= 11 is 1.42. The maximum atomic E-state index is 13.1. The normalized spacial score (nSPS) is 21.6. The summed E-state index contributed by atoms with van der Waals surface area (Å²) in [6, 6.07) is 6.09. The zero-order valence-corrected chi connectivity index (χ0v) is 16.2. The molecule has 27 heavy (non-hydrogen) atoms. The molecule has 0 spiro atoms. The summed E-state index contributed by atoms with van der Waals surface area (Å²) < 4.78 is 38.3. The number of hydrogen-bond donors (Lipinski definition) is 1. The van der Waals surface area contributed by atoms with Gasteiger partial charge in [-0.1, -0.05) is 0 Å². The van der Waals surface area contributed by atoms with E-state index in [1.54, 1.807) is 19.1 Å². The van der Waals surface area contributed by atoms with Crippen LogP contribution in [0, 0.1) is 5.82 Å². The quantitative estimate of drug-likeness (QED) is 0.720. The van der Waals surface area contributed by atoms with Gasteiger partial charge in [-0.15, -0.1) is 11.3 Å². The lowest BCUT2D eigenvalue weighted by Gasteiger charge is -2.23. The topological polar surface area (TPSA) is 80.5 Å². The largest absolute Gasteiger partial charge is 0.350 e. The van der Waals surface area contributed by atoms with Gasteiger partial charge in [-0.2, -0.15) is 0 Å². The fourth-order valence-corrected chi connectivity index (χ4v) is 6.34. The molecule has 3 heterocycles. The predicted octanol–water partition coefficient (Wildman–Crippen LogP) is 2.44. The van der Waals surface area contributed by atoms with Crippen molar-refractivity contribution in [2.24, 2.45) is 0 Å². The zero-order valence-electron chi connectivity index (χ0n) is 14.6. The number of rotatable bonds is 4. The highest BCUT2D eigenvalue weighted by Gasteiger charge is 2.39. The second-order valence-corrected chi connectivity index (χ2v) is 10.2. The number of thiazole rings is 1. The van der Waals surface area contributed by atoms with Crippen LogP contribution in [0.25, 0.3) is 16.2 Å². The molecule has 2 aromatic heterocycles. The second-order valence-electron chi connectivity index (χ2n) is 7.14. The van der Waals surface area contributed by atoms with Crippen molar-refractivity contribution in [1.29, 1.82) is 0 Å². The Balaban J connectivity index is 1.52. The number of hydrogen-bond acceptors (Lipinski definition) is 5. The molecule has 6 nitrogen and oxygen atoms in total. The average molecular weight is 407 g/mol. The van der Waals surface area contributed by atoms with Gasteiger partial charge in [0.2, 0.25) is 5.91 Å². The molecular weight excluding hydrogens is 389 g/mol. The lowest BCUT2D eigenvalue weighted by molar-refractivity contribution is -0.122. The summed E-state index contributed by atoms with van der Waals surface area (Å²) in [5.74, 6) is -0.439. The maximum Gasteiger partial charge on any atom is 0.226 e. The van der Waals surface area contributed by atoms with Gasteiger partial charge in [-0.05, 0) is 37.6 Å². The van der Waals surface area contributed by atoms with Crippen LogP contribution in [0.5, 0.6) is 0 Å². The second kappa shape index (κ2) is 6.42. The van der Waals surface area contributed by atoms with Crippen LogP contribution in [0.4, 0.5) is 4.39 Å². The Bertz CT molecular complexity index is 1120. The number of carbonyl (C=O) groups excluding carboxylic acids is 1. The fourth-order valence-electron chi connectivity index (χ4n) is 3.37. The van der Waals surface area contributed by atoms with Crippen LogP contribution in [0.2, 0.25) is 0 Å². The third-order valence-electron chi connectivity index (χ3n) is 4.71. The van der Waals surface area contributed by atoms with Crippen LogP contribution in [0.15, 0.2) is 35.8 Å². The minimum Gasteiger partial charge on any atom is -0.350 e. The molecule has 0 aliphatic carbocycles. The number of nitrogens with zero attached hydrogens (tertiary/aromatic N) is 2. The lowest BCUT2D eigenvalue weighted by Crippen LogP contribution is -2.47. The zero-order chi connectivity index (χ0) is 19.2. The van der Waals surface area contributed by atoms with E-state index in [-0.39, 0.29) is 29.7 Å². The highest BCUT2D eigenvalue weighted by Crippen LogP contribution is 2.25. The van der Waals surface area contributed by atoms with Crippen LogP contribution in [-0.2, 0) is 21.1 Å². The Morgan fingerprint density at radius 1 is 1.37 bits per heavy atom. The first-order valence-electron chi connectivity index (χ1n) is 8.46.